The highest BCUT2D eigenvalue weighted by molar-refractivity contribution is 9.10. The molecule has 0 aliphatic rings. The minimum Gasteiger partial charge on any atom is -0.312 e. The number of thiazole rings is 1. The number of amides is 1. The van der Waals surface area contributed by atoms with Gasteiger partial charge in [0.15, 0.2) is 4.80 Å². The lowest BCUT2D eigenvalue weighted by Gasteiger charge is -2.17. The van der Waals surface area contributed by atoms with Gasteiger partial charge in [-0.05, 0) is 48.0 Å². The molecule has 1 aromatic heterocycles. The quantitative estimate of drug-likeness (QED) is 0.294. The predicted molar refractivity (Wildman–Crippen MR) is 139 cm³/mol. The zero-order valence-electron chi connectivity index (χ0n) is 18.4. The van der Waals surface area contributed by atoms with Crippen molar-refractivity contribution in [2.24, 2.45) is 4.99 Å². The second-order valence-electron chi connectivity index (χ2n) is 7.58. The van der Waals surface area contributed by atoms with Gasteiger partial charge in [0.05, 0.1) is 15.1 Å². The number of halogens is 1. The summed E-state index contributed by atoms with van der Waals surface area (Å²) in [6.45, 7) is 4.57. The van der Waals surface area contributed by atoms with Crippen molar-refractivity contribution in [1.82, 2.24) is 8.87 Å². The van der Waals surface area contributed by atoms with Gasteiger partial charge in [-0.15, -0.1) is 6.58 Å². The summed E-state index contributed by atoms with van der Waals surface area (Å²) in [5.74, 6) is -0.440. The van der Waals surface area contributed by atoms with Crippen LogP contribution in [0.15, 0.2) is 99.8 Å². The van der Waals surface area contributed by atoms with E-state index in [1.54, 1.807) is 6.08 Å². The molecule has 0 N–H and O–H groups in total. The Bertz CT molecular complexity index is 1520. The lowest BCUT2D eigenvalue weighted by atomic mass is 10.2. The van der Waals surface area contributed by atoms with Crippen molar-refractivity contribution in [1.29, 1.82) is 0 Å². The Morgan fingerprint density at radius 2 is 1.82 bits per heavy atom. The molecule has 0 saturated heterocycles. The molecule has 0 saturated carbocycles. The Labute approximate surface area is 210 Å². The Morgan fingerprint density at radius 1 is 1.12 bits per heavy atom. The number of nitrogens with zero attached hydrogens (tertiary/aromatic N) is 3. The highest BCUT2D eigenvalue weighted by Crippen LogP contribution is 2.23. The highest BCUT2D eigenvalue weighted by atomic mass is 79.9. The van der Waals surface area contributed by atoms with Gasteiger partial charge in [0.1, 0.15) is 0 Å². The van der Waals surface area contributed by atoms with Gasteiger partial charge in [-0.3, -0.25) is 4.79 Å². The number of benzene rings is 3. The molecule has 0 radical (unpaired) electrons. The fourth-order valence-corrected chi connectivity index (χ4v) is 6.21. The van der Waals surface area contributed by atoms with Crippen LogP contribution in [0.5, 0.6) is 0 Å². The molecule has 3 aromatic carbocycles. The molecule has 0 unspecified atom stereocenters. The molecule has 4 aromatic rings. The molecule has 1 amide bonds. The maximum absolute atomic E-state index is 13.0. The van der Waals surface area contributed by atoms with Gasteiger partial charge in [0.25, 0.3) is 5.91 Å². The molecule has 6 nitrogen and oxygen atoms in total. The number of carbonyl (C=O) groups excluding carboxylic acids is 1. The summed E-state index contributed by atoms with van der Waals surface area (Å²) >= 11 is 4.88. The van der Waals surface area contributed by atoms with E-state index >= 15 is 0 Å². The average molecular weight is 557 g/mol. The third-order valence-corrected chi connectivity index (χ3v) is 8.56. The third-order valence-electron chi connectivity index (χ3n) is 5.21. The van der Waals surface area contributed by atoms with E-state index in [4.69, 9.17) is 0 Å². The van der Waals surface area contributed by atoms with Gasteiger partial charge in [-0.2, -0.15) is 9.30 Å². The molecular weight excluding hydrogens is 534 g/mol. The van der Waals surface area contributed by atoms with Crippen LogP contribution >= 0.6 is 27.3 Å². The van der Waals surface area contributed by atoms with Crippen LogP contribution in [0.4, 0.5) is 0 Å². The van der Waals surface area contributed by atoms with Crippen LogP contribution in [0, 0.1) is 0 Å². The van der Waals surface area contributed by atoms with Crippen molar-refractivity contribution in [2.75, 3.05) is 7.05 Å². The second kappa shape index (κ2) is 10.2. The average Bonchev–Trinajstić information content (AvgIpc) is 3.15. The zero-order valence-corrected chi connectivity index (χ0v) is 21.6. The molecule has 9 heteroatoms. The fourth-order valence-electron chi connectivity index (χ4n) is 3.46. The maximum Gasteiger partial charge on any atom is 0.279 e. The van der Waals surface area contributed by atoms with Gasteiger partial charge in [0, 0.05) is 30.2 Å². The molecule has 0 bridgehead atoms. The third kappa shape index (κ3) is 5.12. The van der Waals surface area contributed by atoms with Crippen LogP contribution in [-0.4, -0.2) is 30.2 Å². The SMILES string of the molecule is C=CCn1c(=NC(=O)c2ccc(S(=O)(=O)N(C)Cc3ccccc3)cc2)sc2cc(Br)ccc21. The minimum absolute atomic E-state index is 0.121. The van der Waals surface area contributed by atoms with E-state index < -0.39 is 15.9 Å². The Kier molecular flexibility index (Phi) is 7.27. The standard InChI is InChI=1S/C25H22BrN3O3S2/c1-3-15-29-22-14-11-20(26)16-23(22)33-25(29)27-24(30)19-9-12-21(13-10-19)34(31,32)28(2)17-18-7-5-4-6-8-18/h3-14,16H,1,15,17H2,2H3. The van der Waals surface area contributed by atoms with Crippen LogP contribution < -0.4 is 4.80 Å². The van der Waals surface area contributed by atoms with E-state index in [0.717, 1.165) is 20.3 Å². The van der Waals surface area contributed by atoms with Crippen molar-refractivity contribution in [3.63, 3.8) is 0 Å². The first-order valence-electron chi connectivity index (χ1n) is 10.4. The minimum atomic E-state index is -3.70. The van der Waals surface area contributed by atoms with E-state index in [-0.39, 0.29) is 11.4 Å². The number of carbonyl (C=O) groups is 1. The van der Waals surface area contributed by atoms with Crippen molar-refractivity contribution in [3.8, 4) is 0 Å². The lowest BCUT2D eigenvalue weighted by molar-refractivity contribution is 0.0998. The number of fused-ring (bicyclic) bond motifs is 1. The van der Waals surface area contributed by atoms with E-state index in [0.29, 0.717) is 16.9 Å². The van der Waals surface area contributed by atoms with Gasteiger partial charge >= 0.3 is 0 Å². The van der Waals surface area contributed by atoms with Gasteiger partial charge < -0.3 is 4.57 Å². The zero-order chi connectivity index (χ0) is 24.3. The summed E-state index contributed by atoms with van der Waals surface area (Å²) in [4.78, 5) is 17.9. The number of aromatic nitrogens is 1. The molecular formula is C25H22BrN3O3S2. The summed E-state index contributed by atoms with van der Waals surface area (Å²) in [5.41, 5.74) is 2.17. The van der Waals surface area contributed by atoms with Crippen molar-refractivity contribution >= 4 is 53.4 Å². The first-order valence-corrected chi connectivity index (χ1v) is 13.4. The van der Waals surface area contributed by atoms with E-state index in [1.165, 1.54) is 47.0 Å². The highest BCUT2D eigenvalue weighted by Gasteiger charge is 2.21. The van der Waals surface area contributed by atoms with E-state index in [1.807, 2.05) is 53.1 Å². The molecule has 0 fully saturated rings. The number of sulfonamides is 1. The van der Waals surface area contributed by atoms with E-state index in [9.17, 15) is 13.2 Å². The predicted octanol–water partition coefficient (Wildman–Crippen LogP) is 5.21. The van der Waals surface area contributed by atoms with Crippen LogP contribution in [0.3, 0.4) is 0 Å². The molecule has 4 rings (SSSR count). The molecule has 0 spiro atoms. The van der Waals surface area contributed by atoms with E-state index in [2.05, 4.69) is 27.5 Å². The number of hydrogen-bond acceptors (Lipinski definition) is 4. The smallest absolute Gasteiger partial charge is 0.279 e. The van der Waals surface area contributed by atoms with Crippen molar-refractivity contribution in [3.05, 3.63) is 106 Å². The monoisotopic (exact) mass is 555 g/mol. The normalized spacial score (nSPS) is 12.4. The summed E-state index contributed by atoms with van der Waals surface area (Å²) in [5, 5.41) is 0. The topological polar surface area (TPSA) is 71.7 Å². The molecule has 0 aliphatic heterocycles. The molecule has 0 atom stereocenters. The summed E-state index contributed by atoms with van der Waals surface area (Å²) in [7, 11) is -2.16. The van der Waals surface area contributed by atoms with Crippen LogP contribution in [0.25, 0.3) is 10.2 Å². The van der Waals surface area contributed by atoms with Crippen LogP contribution in [0.1, 0.15) is 15.9 Å². The van der Waals surface area contributed by atoms with Crippen molar-refractivity contribution in [2.45, 2.75) is 18.0 Å². The fraction of sp³-hybridized carbons (Fsp3) is 0.120. The molecule has 174 valence electrons. The Balaban J connectivity index is 1.61. The number of rotatable bonds is 7. The van der Waals surface area contributed by atoms with Crippen LogP contribution in [0.2, 0.25) is 0 Å². The Morgan fingerprint density at radius 3 is 2.50 bits per heavy atom. The summed E-state index contributed by atoms with van der Waals surface area (Å²) in [6, 6.07) is 21.1. The van der Waals surface area contributed by atoms with Gasteiger partial charge in [-0.25, -0.2) is 8.42 Å². The van der Waals surface area contributed by atoms with Gasteiger partial charge in [0.2, 0.25) is 10.0 Å². The lowest BCUT2D eigenvalue weighted by Crippen LogP contribution is -2.26. The molecule has 1 heterocycles. The largest absolute Gasteiger partial charge is 0.312 e. The van der Waals surface area contributed by atoms with Crippen LogP contribution in [-0.2, 0) is 23.1 Å². The summed E-state index contributed by atoms with van der Waals surface area (Å²) < 4.78 is 31.1. The van der Waals surface area contributed by atoms with Gasteiger partial charge in [-0.1, -0.05) is 63.7 Å². The number of hydrogen-bond donors (Lipinski definition) is 0. The molecule has 0 aliphatic carbocycles. The first kappa shape index (κ1) is 24.3. The maximum atomic E-state index is 13.0. The first-order chi connectivity index (χ1) is 16.3. The second-order valence-corrected chi connectivity index (χ2v) is 11.6. The number of allylic oxidation sites excluding steroid dienone is 1. The molecule has 34 heavy (non-hydrogen) atoms. The van der Waals surface area contributed by atoms with Crippen molar-refractivity contribution < 1.29 is 13.2 Å². The summed E-state index contributed by atoms with van der Waals surface area (Å²) in [6.07, 6.45) is 1.75. The Hall–Kier alpha value is -2.85.